The lowest BCUT2D eigenvalue weighted by Gasteiger charge is -2.18. The van der Waals surface area contributed by atoms with E-state index in [9.17, 15) is 4.79 Å². The van der Waals surface area contributed by atoms with Crippen molar-refractivity contribution in [2.45, 2.75) is 32.4 Å². The van der Waals surface area contributed by atoms with Crippen molar-refractivity contribution < 1.29 is 4.79 Å². The van der Waals surface area contributed by atoms with Crippen molar-refractivity contribution in [3.63, 3.8) is 0 Å². The van der Waals surface area contributed by atoms with E-state index in [0.717, 1.165) is 19.3 Å². The zero-order valence-electron chi connectivity index (χ0n) is 15.0. The highest BCUT2D eigenvalue weighted by atomic mass is 16.2. The molecule has 1 aliphatic rings. The van der Waals surface area contributed by atoms with Crippen molar-refractivity contribution in [1.29, 1.82) is 0 Å². The second-order valence-corrected chi connectivity index (χ2v) is 6.72. The number of likely N-dealkylation sites (N-methyl/N-ethyl adjacent to an activating group) is 1. The molecule has 0 bridgehead atoms. The number of aryl methyl sites for hydroxylation is 1. The van der Waals surface area contributed by atoms with E-state index >= 15 is 0 Å². The molecule has 1 heterocycles. The molecule has 2 aromatic rings. The van der Waals surface area contributed by atoms with Crippen molar-refractivity contribution in [2.75, 3.05) is 13.6 Å². The molecule has 130 valence electrons. The highest BCUT2D eigenvalue weighted by Gasteiger charge is 2.26. The lowest BCUT2D eigenvalue weighted by Crippen LogP contribution is -2.35. The summed E-state index contributed by atoms with van der Waals surface area (Å²) in [6.45, 7) is 2.66. The molecule has 2 aromatic carbocycles. The molecule has 0 saturated carbocycles. The number of hydrogen-bond donors (Lipinski definition) is 1. The summed E-state index contributed by atoms with van der Waals surface area (Å²) in [5.74, 6) is 0.109. The van der Waals surface area contributed by atoms with Crippen molar-refractivity contribution in [3.05, 3.63) is 76.9 Å². The van der Waals surface area contributed by atoms with Crippen LogP contribution in [0.25, 0.3) is 6.08 Å². The molecule has 1 N–H and O–H groups in total. The first-order chi connectivity index (χ1) is 12.1. The minimum atomic E-state index is 0.101. The van der Waals surface area contributed by atoms with Crippen LogP contribution in [0.3, 0.4) is 0 Å². The van der Waals surface area contributed by atoms with Gasteiger partial charge >= 0.3 is 0 Å². The Kier molecular flexibility index (Phi) is 5.67. The molecule has 3 heteroatoms. The first-order valence-electron chi connectivity index (χ1n) is 8.97. The summed E-state index contributed by atoms with van der Waals surface area (Å²) in [4.78, 5) is 13.5. The molecule has 0 aliphatic carbocycles. The maximum absolute atomic E-state index is 11.5. The van der Waals surface area contributed by atoms with Crippen LogP contribution in [0.1, 0.15) is 29.2 Å². The second-order valence-electron chi connectivity index (χ2n) is 6.72. The van der Waals surface area contributed by atoms with Crippen molar-refractivity contribution in [2.24, 2.45) is 0 Å². The standard InChI is InChI=1S/C22H26N2O/c1-3-17-10-12-18(13-11-17)6-4-7-19-8-5-9-20(14-19)15-21-23-22(25)16-24(21)2/h4-5,7-14,21H,3,6,15-16H2,1-2H3,(H,23,25)/b7-4+. The van der Waals surface area contributed by atoms with Gasteiger partial charge in [0.25, 0.3) is 0 Å². The van der Waals surface area contributed by atoms with Gasteiger partial charge in [-0.15, -0.1) is 0 Å². The van der Waals surface area contributed by atoms with Gasteiger partial charge in [-0.3, -0.25) is 9.69 Å². The summed E-state index contributed by atoms with van der Waals surface area (Å²) in [5.41, 5.74) is 5.16. The van der Waals surface area contributed by atoms with E-state index in [1.54, 1.807) is 0 Å². The Morgan fingerprint density at radius 3 is 2.56 bits per heavy atom. The average molecular weight is 334 g/mol. The molecule has 1 saturated heterocycles. The lowest BCUT2D eigenvalue weighted by atomic mass is 10.0. The maximum atomic E-state index is 11.5. The number of benzene rings is 2. The van der Waals surface area contributed by atoms with Crippen molar-refractivity contribution >= 4 is 12.0 Å². The summed E-state index contributed by atoms with van der Waals surface area (Å²) in [6.07, 6.45) is 7.35. The Bertz CT molecular complexity index is 749. The van der Waals surface area contributed by atoms with Crippen LogP contribution >= 0.6 is 0 Å². The van der Waals surface area contributed by atoms with Crippen LogP contribution in [0.2, 0.25) is 0 Å². The normalized spacial score (nSPS) is 18.0. The van der Waals surface area contributed by atoms with Gasteiger partial charge in [0.2, 0.25) is 5.91 Å². The van der Waals surface area contributed by atoms with Crippen LogP contribution < -0.4 is 5.32 Å². The van der Waals surface area contributed by atoms with E-state index in [1.165, 1.54) is 22.3 Å². The average Bonchev–Trinajstić information content (AvgIpc) is 2.93. The highest BCUT2D eigenvalue weighted by molar-refractivity contribution is 5.80. The maximum Gasteiger partial charge on any atom is 0.235 e. The number of hydrogen-bond acceptors (Lipinski definition) is 2. The van der Waals surface area contributed by atoms with Gasteiger partial charge in [-0.25, -0.2) is 0 Å². The van der Waals surface area contributed by atoms with Gasteiger partial charge in [-0.1, -0.05) is 67.6 Å². The van der Waals surface area contributed by atoms with Crippen LogP contribution in [0.5, 0.6) is 0 Å². The largest absolute Gasteiger partial charge is 0.339 e. The van der Waals surface area contributed by atoms with Gasteiger partial charge in [-0.05, 0) is 42.1 Å². The minimum Gasteiger partial charge on any atom is -0.339 e. The van der Waals surface area contributed by atoms with Gasteiger partial charge in [0, 0.05) is 6.42 Å². The Balaban J connectivity index is 1.60. The highest BCUT2D eigenvalue weighted by Crippen LogP contribution is 2.14. The van der Waals surface area contributed by atoms with Gasteiger partial charge < -0.3 is 5.32 Å². The number of carbonyl (C=O) groups excluding carboxylic acids is 1. The van der Waals surface area contributed by atoms with E-state index in [0.29, 0.717) is 6.54 Å². The third kappa shape index (κ3) is 4.80. The number of nitrogens with one attached hydrogen (secondary N) is 1. The van der Waals surface area contributed by atoms with E-state index in [2.05, 4.69) is 77.8 Å². The first kappa shape index (κ1) is 17.4. The molecule has 3 nitrogen and oxygen atoms in total. The van der Waals surface area contributed by atoms with Crippen LogP contribution in [0.4, 0.5) is 0 Å². The summed E-state index contributed by atoms with van der Waals surface area (Å²) in [6, 6.07) is 17.4. The number of amides is 1. The third-order valence-electron chi connectivity index (χ3n) is 4.73. The van der Waals surface area contributed by atoms with E-state index in [-0.39, 0.29) is 12.1 Å². The lowest BCUT2D eigenvalue weighted by molar-refractivity contribution is -0.118. The Morgan fingerprint density at radius 1 is 1.12 bits per heavy atom. The van der Waals surface area contributed by atoms with E-state index < -0.39 is 0 Å². The molecule has 3 rings (SSSR count). The zero-order valence-corrected chi connectivity index (χ0v) is 15.0. The van der Waals surface area contributed by atoms with Gasteiger partial charge in [-0.2, -0.15) is 0 Å². The molecule has 1 unspecified atom stereocenters. The molecule has 1 amide bonds. The smallest absolute Gasteiger partial charge is 0.235 e. The van der Waals surface area contributed by atoms with Crippen LogP contribution in [0, 0.1) is 0 Å². The summed E-state index contributed by atoms with van der Waals surface area (Å²) >= 11 is 0. The fraction of sp³-hybridized carbons (Fsp3) is 0.318. The zero-order chi connectivity index (χ0) is 17.6. The molecule has 1 fully saturated rings. The predicted molar refractivity (Wildman–Crippen MR) is 103 cm³/mol. The fourth-order valence-electron chi connectivity index (χ4n) is 3.17. The molecular weight excluding hydrogens is 308 g/mol. The topological polar surface area (TPSA) is 32.3 Å². The number of rotatable bonds is 6. The SMILES string of the molecule is CCc1ccc(C/C=C/c2cccc(CC3NC(=O)CN3C)c2)cc1. The predicted octanol–water partition coefficient (Wildman–Crippen LogP) is 3.44. The van der Waals surface area contributed by atoms with Crippen molar-refractivity contribution in [1.82, 2.24) is 10.2 Å². The quantitative estimate of drug-likeness (QED) is 0.878. The Hall–Kier alpha value is -2.39. The number of carbonyl (C=O) groups is 1. The minimum absolute atomic E-state index is 0.101. The van der Waals surface area contributed by atoms with Gasteiger partial charge in [0.15, 0.2) is 0 Å². The number of allylic oxidation sites excluding steroid dienone is 1. The van der Waals surface area contributed by atoms with Crippen LogP contribution in [-0.4, -0.2) is 30.6 Å². The molecule has 0 spiro atoms. The van der Waals surface area contributed by atoms with Crippen molar-refractivity contribution in [3.8, 4) is 0 Å². The monoisotopic (exact) mass is 334 g/mol. The molecule has 0 radical (unpaired) electrons. The third-order valence-corrected chi connectivity index (χ3v) is 4.73. The molecule has 1 atom stereocenters. The fourth-order valence-corrected chi connectivity index (χ4v) is 3.17. The van der Waals surface area contributed by atoms with Crippen LogP contribution in [0.15, 0.2) is 54.6 Å². The van der Waals surface area contributed by atoms with Gasteiger partial charge in [0.05, 0.1) is 12.7 Å². The second kappa shape index (κ2) is 8.13. The van der Waals surface area contributed by atoms with E-state index in [1.807, 2.05) is 7.05 Å². The number of nitrogens with zero attached hydrogens (tertiary/aromatic N) is 1. The molecule has 0 aromatic heterocycles. The Morgan fingerprint density at radius 2 is 1.88 bits per heavy atom. The summed E-state index contributed by atoms with van der Waals surface area (Å²) in [7, 11) is 1.98. The molecule has 25 heavy (non-hydrogen) atoms. The van der Waals surface area contributed by atoms with E-state index in [4.69, 9.17) is 0 Å². The van der Waals surface area contributed by atoms with Gasteiger partial charge in [0.1, 0.15) is 0 Å². The summed E-state index contributed by atoms with van der Waals surface area (Å²) < 4.78 is 0. The summed E-state index contributed by atoms with van der Waals surface area (Å²) in [5, 5.41) is 3.01. The molecular formula is C22H26N2O. The molecule has 1 aliphatic heterocycles. The first-order valence-corrected chi connectivity index (χ1v) is 8.97. The Labute approximate surface area is 150 Å². The van der Waals surface area contributed by atoms with Crippen LogP contribution in [-0.2, 0) is 24.1 Å².